The third-order valence-corrected chi connectivity index (χ3v) is 7.87. The second kappa shape index (κ2) is 15.2. The Balaban J connectivity index is 2.16. The third-order valence-electron chi connectivity index (χ3n) is 5.38. The number of hydrogen-bond donors (Lipinski definition) is 4. The number of rotatable bonds is 15. The van der Waals surface area contributed by atoms with Gasteiger partial charge in [-0.15, -0.1) is 0 Å². The first-order valence-corrected chi connectivity index (χ1v) is 14.0. The molecular weight excluding hydrogens is 500 g/mol. The monoisotopic (exact) mass is 532 g/mol. The summed E-state index contributed by atoms with van der Waals surface area (Å²) >= 11 is 0. The number of carboxylic acids is 2. The lowest BCUT2D eigenvalue weighted by atomic mass is 10.1. The van der Waals surface area contributed by atoms with Crippen LogP contribution in [-0.2, 0) is 9.59 Å². The Morgan fingerprint density at radius 2 is 1.06 bits per heavy atom. The van der Waals surface area contributed by atoms with Crippen LogP contribution in [0.25, 0.3) is 0 Å². The Hall–Kier alpha value is -2.98. The third kappa shape index (κ3) is 8.91. The molecule has 2 aromatic rings. The van der Waals surface area contributed by atoms with Gasteiger partial charge in [-0.25, -0.2) is 9.59 Å². The number of benzene rings is 2. The first-order valence-electron chi connectivity index (χ1n) is 11.9. The van der Waals surface area contributed by atoms with Crippen molar-refractivity contribution >= 4 is 45.3 Å². The topological polar surface area (TPSA) is 133 Å². The SMILES string of the molecule is CCCC[C@H](NC(=O)c1ccccc1SSc1ccccc1C(=O)N[C@@H](CCCC)C(=O)O)C(=O)O. The molecule has 0 radical (unpaired) electrons. The van der Waals surface area contributed by atoms with E-state index in [1.54, 1.807) is 48.5 Å². The fraction of sp³-hybridized carbons (Fsp3) is 0.385. The summed E-state index contributed by atoms with van der Waals surface area (Å²) in [5, 5.41) is 24.1. The lowest BCUT2D eigenvalue weighted by Gasteiger charge is -2.16. The van der Waals surface area contributed by atoms with Gasteiger partial charge in [0.05, 0.1) is 11.1 Å². The largest absolute Gasteiger partial charge is 0.480 e. The quantitative estimate of drug-likeness (QED) is 0.229. The van der Waals surface area contributed by atoms with Crippen molar-refractivity contribution in [2.24, 2.45) is 0 Å². The summed E-state index contributed by atoms with van der Waals surface area (Å²) in [6.45, 7) is 3.91. The summed E-state index contributed by atoms with van der Waals surface area (Å²) in [7, 11) is 2.53. The van der Waals surface area contributed by atoms with Gasteiger partial charge in [0.2, 0.25) is 0 Å². The van der Waals surface area contributed by atoms with Crippen LogP contribution in [0.15, 0.2) is 58.3 Å². The van der Waals surface area contributed by atoms with Gasteiger partial charge in [-0.2, -0.15) is 0 Å². The van der Waals surface area contributed by atoms with Crippen LogP contribution in [0.5, 0.6) is 0 Å². The Kier molecular flexibility index (Phi) is 12.4. The zero-order valence-electron chi connectivity index (χ0n) is 20.4. The van der Waals surface area contributed by atoms with Crippen LogP contribution in [0.2, 0.25) is 0 Å². The maximum absolute atomic E-state index is 12.9. The van der Waals surface area contributed by atoms with Crippen molar-refractivity contribution in [3.05, 3.63) is 59.7 Å². The molecule has 4 N–H and O–H groups in total. The Morgan fingerprint density at radius 1 is 0.694 bits per heavy atom. The molecule has 8 nitrogen and oxygen atoms in total. The van der Waals surface area contributed by atoms with Gasteiger partial charge >= 0.3 is 11.9 Å². The lowest BCUT2D eigenvalue weighted by Crippen LogP contribution is -2.41. The number of aliphatic carboxylic acids is 2. The van der Waals surface area contributed by atoms with Crippen LogP contribution in [0, 0.1) is 0 Å². The molecule has 0 aliphatic carbocycles. The molecule has 2 aromatic carbocycles. The highest BCUT2D eigenvalue weighted by Crippen LogP contribution is 2.40. The van der Waals surface area contributed by atoms with Gasteiger partial charge in [0, 0.05) is 9.79 Å². The average Bonchev–Trinajstić information content (AvgIpc) is 2.87. The summed E-state index contributed by atoms with van der Waals surface area (Å²) < 4.78 is 0. The van der Waals surface area contributed by atoms with E-state index in [0.717, 1.165) is 12.8 Å². The van der Waals surface area contributed by atoms with Crippen molar-refractivity contribution in [1.29, 1.82) is 0 Å². The molecule has 2 amide bonds. The number of carbonyl (C=O) groups is 4. The maximum atomic E-state index is 12.9. The van der Waals surface area contributed by atoms with Gasteiger partial charge < -0.3 is 20.8 Å². The fourth-order valence-electron chi connectivity index (χ4n) is 3.35. The Morgan fingerprint density at radius 3 is 1.39 bits per heavy atom. The van der Waals surface area contributed by atoms with Crippen molar-refractivity contribution in [2.75, 3.05) is 0 Å². The molecule has 0 aromatic heterocycles. The first-order chi connectivity index (χ1) is 17.3. The van der Waals surface area contributed by atoms with Crippen molar-refractivity contribution in [3.8, 4) is 0 Å². The molecule has 0 saturated heterocycles. The number of carbonyl (C=O) groups excluding carboxylic acids is 2. The smallest absolute Gasteiger partial charge is 0.326 e. The van der Waals surface area contributed by atoms with E-state index in [2.05, 4.69) is 10.6 Å². The standard InChI is InChI=1S/C26H32N2O6S2/c1-3-5-13-19(25(31)32)27-23(29)17-11-7-9-15-21(17)35-36-22-16-10-8-12-18(22)24(30)28-20(26(33)34)14-6-4-2/h7-12,15-16,19-20H,3-6,13-14H2,1-2H3,(H,27,29)(H,28,30)(H,31,32)(H,33,34)/t19-,20-/m0/s1. The summed E-state index contributed by atoms with van der Waals surface area (Å²) in [5.41, 5.74) is 0.676. The molecule has 194 valence electrons. The Bertz CT molecular complexity index is 979. The van der Waals surface area contributed by atoms with E-state index in [-0.39, 0.29) is 0 Å². The minimum Gasteiger partial charge on any atom is -0.480 e. The molecule has 10 heteroatoms. The number of unbranched alkanes of at least 4 members (excludes halogenated alkanes) is 2. The predicted molar refractivity (Wildman–Crippen MR) is 141 cm³/mol. The lowest BCUT2D eigenvalue weighted by molar-refractivity contribution is -0.140. The molecular formula is C26H32N2O6S2. The predicted octanol–water partition coefficient (Wildman–Crippen LogP) is 5.23. The van der Waals surface area contributed by atoms with Crippen LogP contribution in [0.3, 0.4) is 0 Å². The van der Waals surface area contributed by atoms with Crippen LogP contribution in [-0.4, -0.2) is 46.0 Å². The van der Waals surface area contributed by atoms with Crippen LogP contribution < -0.4 is 10.6 Å². The summed E-state index contributed by atoms with van der Waals surface area (Å²) in [4.78, 5) is 50.1. The molecule has 36 heavy (non-hydrogen) atoms. The zero-order chi connectivity index (χ0) is 26.5. The number of carboxylic acid groups (broad SMARTS) is 2. The number of hydrogen-bond acceptors (Lipinski definition) is 6. The first kappa shape index (κ1) is 29.3. The fourth-order valence-corrected chi connectivity index (χ4v) is 5.71. The van der Waals surface area contributed by atoms with Crippen molar-refractivity contribution in [1.82, 2.24) is 10.6 Å². The summed E-state index contributed by atoms with van der Waals surface area (Å²) in [5.74, 6) is -3.10. The van der Waals surface area contributed by atoms with E-state index in [1.807, 2.05) is 13.8 Å². The highest BCUT2D eigenvalue weighted by atomic mass is 33.1. The van der Waals surface area contributed by atoms with Gasteiger partial charge in [-0.05, 0) is 37.1 Å². The number of amides is 2. The molecule has 0 aliphatic heterocycles. The molecule has 0 saturated carbocycles. The molecule has 0 fully saturated rings. The van der Waals surface area contributed by atoms with Crippen LogP contribution in [0.4, 0.5) is 0 Å². The van der Waals surface area contributed by atoms with E-state index in [0.29, 0.717) is 46.6 Å². The van der Waals surface area contributed by atoms with Gasteiger partial charge in [0.1, 0.15) is 12.1 Å². The minimum absolute atomic E-state index is 0.338. The van der Waals surface area contributed by atoms with Gasteiger partial charge in [0.25, 0.3) is 11.8 Å². The second-order valence-electron chi connectivity index (χ2n) is 8.17. The summed E-state index contributed by atoms with van der Waals surface area (Å²) in [6.07, 6.45) is 3.70. The second-order valence-corrected chi connectivity index (χ2v) is 10.4. The molecule has 0 bridgehead atoms. The van der Waals surface area contributed by atoms with E-state index in [1.165, 1.54) is 21.6 Å². The van der Waals surface area contributed by atoms with Gasteiger partial charge in [-0.3, -0.25) is 9.59 Å². The van der Waals surface area contributed by atoms with E-state index in [9.17, 15) is 29.4 Å². The highest BCUT2D eigenvalue weighted by Gasteiger charge is 2.23. The van der Waals surface area contributed by atoms with E-state index in [4.69, 9.17) is 0 Å². The highest BCUT2D eigenvalue weighted by molar-refractivity contribution is 8.76. The Labute approximate surface area is 219 Å². The normalized spacial score (nSPS) is 12.4. The molecule has 2 rings (SSSR count). The molecule has 2 atom stereocenters. The van der Waals surface area contributed by atoms with Gasteiger partial charge in [0.15, 0.2) is 0 Å². The molecule has 0 heterocycles. The zero-order valence-corrected chi connectivity index (χ0v) is 22.0. The van der Waals surface area contributed by atoms with Crippen molar-refractivity contribution in [2.45, 2.75) is 74.2 Å². The molecule has 0 spiro atoms. The minimum atomic E-state index is -1.07. The summed E-state index contributed by atoms with van der Waals surface area (Å²) in [6, 6.07) is 11.8. The van der Waals surface area contributed by atoms with Crippen molar-refractivity contribution in [3.63, 3.8) is 0 Å². The van der Waals surface area contributed by atoms with E-state index >= 15 is 0 Å². The van der Waals surface area contributed by atoms with Gasteiger partial charge in [-0.1, -0.05) is 85.4 Å². The van der Waals surface area contributed by atoms with Crippen LogP contribution >= 0.6 is 21.6 Å². The van der Waals surface area contributed by atoms with Crippen molar-refractivity contribution < 1.29 is 29.4 Å². The average molecular weight is 533 g/mol. The number of nitrogens with one attached hydrogen (secondary N) is 2. The van der Waals surface area contributed by atoms with E-state index < -0.39 is 35.8 Å². The molecule has 0 aliphatic rings. The molecule has 0 unspecified atom stereocenters. The maximum Gasteiger partial charge on any atom is 0.326 e. The van der Waals surface area contributed by atoms with Crippen LogP contribution in [0.1, 0.15) is 73.1 Å².